The molecule has 9 heteroatoms. The lowest BCUT2D eigenvalue weighted by atomic mass is 10.1. The molecule has 34 heavy (non-hydrogen) atoms. The number of carbonyl (C=O) groups excluding carboxylic acids is 2. The number of methoxy groups -OCH3 is 2. The summed E-state index contributed by atoms with van der Waals surface area (Å²) in [6.45, 7) is 0. The van der Waals surface area contributed by atoms with Crippen LogP contribution in [0, 0.1) is 0 Å². The predicted molar refractivity (Wildman–Crippen MR) is 131 cm³/mol. The molecule has 0 aliphatic rings. The summed E-state index contributed by atoms with van der Waals surface area (Å²) in [5.74, 6) is -1.62. The lowest BCUT2D eigenvalue weighted by Gasteiger charge is -2.15. The van der Waals surface area contributed by atoms with Crippen molar-refractivity contribution in [3.63, 3.8) is 0 Å². The summed E-state index contributed by atoms with van der Waals surface area (Å²) in [6.07, 6.45) is 1.47. The molecule has 0 aromatic heterocycles. The molecule has 3 aromatic carbocycles. The first kappa shape index (κ1) is 24.5. The van der Waals surface area contributed by atoms with Gasteiger partial charge in [0.2, 0.25) is 0 Å². The Morgan fingerprint density at radius 3 is 2.26 bits per heavy atom. The molecule has 0 saturated heterocycles. The Morgan fingerprint density at radius 2 is 1.59 bits per heavy atom. The zero-order valence-electron chi connectivity index (χ0n) is 18.3. The van der Waals surface area contributed by atoms with E-state index >= 15 is 0 Å². The van der Waals surface area contributed by atoms with Crippen LogP contribution in [0.15, 0.2) is 76.9 Å². The molecule has 0 aliphatic heterocycles. The summed E-state index contributed by atoms with van der Waals surface area (Å²) in [6, 6.07) is 17.8. The van der Waals surface area contributed by atoms with E-state index in [1.165, 1.54) is 38.5 Å². The highest BCUT2D eigenvalue weighted by Gasteiger charge is 2.19. The number of carbonyl (C=O) groups is 3. The van der Waals surface area contributed by atoms with Crippen molar-refractivity contribution in [1.82, 2.24) is 5.32 Å². The van der Waals surface area contributed by atoms with Gasteiger partial charge in [0.05, 0.1) is 31.0 Å². The Hall–Kier alpha value is -4.11. The zero-order valence-corrected chi connectivity index (χ0v) is 19.9. The number of nitrogens with one attached hydrogen (secondary N) is 2. The Balaban J connectivity index is 2.01. The van der Waals surface area contributed by atoms with Crippen molar-refractivity contribution in [3.05, 3.63) is 93.6 Å². The quantitative estimate of drug-likeness (QED) is 0.372. The van der Waals surface area contributed by atoms with Crippen LogP contribution in [0.2, 0.25) is 0 Å². The standard InChI is InChI=1S/C25H21BrN2O6/c1-33-21-10-6-3-7-15(21)13-20(28-23(29)17-8-4-5-9-18(17)26)24(30)27-19-14-16(25(31)32)11-12-22(19)34-2/h3-14H,1-2H3,(H,27,30)(H,28,29)(H,31,32). The molecular weight excluding hydrogens is 504 g/mol. The number of carboxylic acid groups (broad SMARTS) is 1. The predicted octanol–water partition coefficient (Wildman–Crippen LogP) is 4.57. The largest absolute Gasteiger partial charge is 0.496 e. The van der Waals surface area contributed by atoms with Gasteiger partial charge in [0.1, 0.15) is 17.2 Å². The number of amides is 2. The van der Waals surface area contributed by atoms with E-state index in [0.29, 0.717) is 21.3 Å². The number of rotatable bonds is 8. The number of benzene rings is 3. The highest BCUT2D eigenvalue weighted by atomic mass is 79.9. The number of halogens is 1. The van der Waals surface area contributed by atoms with Gasteiger partial charge in [-0.25, -0.2) is 4.79 Å². The first-order chi connectivity index (χ1) is 16.3. The molecular formula is C25H21BrN2O6. The second-order valence-corrected chi connectivity index (χ2v) is 7.76. The van der Waals surface area contributed by atoms with Gasteiger partial charge in [0.15, 0.2) is 0 Å². The number of hydrogen-bond donors (Lipinski definition) is 3. The van der Waals surface area contributed by atoms with Crippen LogP contribution in [0.3, 0.4) is 0 Å². The number of anilines is 1. The third-order valence-electron chi connectivity index (χ3n) is 4.74. The molecule has 8 nitrogen and oxygen atoms in total. The van der Waals surface area contributed by atoms with Crippen molar-refractivity contribution in [1.29, 1.82) is 0 Å². The fraction of sp³-hybridized carbons (Fsp3) is 0.0800. The van der Waals surface area contributed by atoms with Crippen LogP contribution < -0.4 is 20.1 Å². The first-order valence-corrected chi connectivity index (χ1v) is 10.8. The summed E-state index contributed by atoms with van der Waals surface area (Å²) >= 11 is 3.33. The summed E-state index contributed by atoms with van der Waals surface area (Å²) in [5.41, 5.74) is 0.880. The normalized spacial score (nSPS) is 10.9. The first-order valence-electron chi connectivity index (χ1n) is 9.97. The van der Waals surface area contributed by atoms with E-state index in [9.17, 15) is 19.5 Å². The van der Waals surface area contributed by atoms with E-state index in [4.69, 9.17) is 9.47 Å². The molecule has 174 valence electrons. The molecule has 0 aliphatic carbocycles. The molecule has 3 N–H and O–H groups in total. The van der Waals surface area contributed by atoms with Crippen molar-refractivity contribution in [2.75, 3.05) is 19.5 Å². The number of para-hydroxylation sites is 1. The van der Waals surface area contributed by atoms with Gasteiger partial charge >= 0.3 is 5.97 Å². The van der Waals surface area contributed by atoms with Gasteiger partial charge in [-0.1, -0.05) is 30.3 Å². The minimum Gasteiger partial charge on any atom is -0.496 e. The molecule has 0 fully saturated rings. The minimum absolute atomic E-state index is 0.0383. The molecule has 0 saturated carbocycles. The van der Waals surface area contributed by atoms with E-state index in [-0.39, 0.29) is 22.7 Å². The van der Waals surface area contributed by atoms with Gasteiger partial charge < -0.3 is 25.2 Å². The average molecular weight is 525 g/mol. The maximum Gasteiger partial charge on any atom is 0.335 e. The third kappa shape index (κ3) is 5.81. The Labute approximate surface area is 204 Å². The molecule has 0 bridgehead atoms. The van der Waals surface area contributed by atoms with Crippen molar-refractivity contribution in [2.45, 2.75) is 0 Å². The van der Waals surface area contributed by atoms with Gasteiger partial charge in [0, 0.05) is 10.0 Å². The second-order valence-electron chi connectivity index (χ2n) is 6.91. The maximum atomic E-state index is 13.3. The fourth-order valence-electron chi connectivity index (χ4n) is 3.06. The lowest BCUT2D eigenvalue weighted by molar-refractivity contribution is -0.113. The van der Waals surface area contributed by atoms with E-state index in [2.05, 4.69) is 26.6 Å². The molecule has 0 spiro atoms. The smallest absolute Gasteiger partial charge is 0.335 e. The highest BCUT2D eigenvalue weighted by Crippen LogP contribution is 2.27. The van der Waals surface area contributed by atoms with E-state index in [0.717, 1.165) is 0 Å². The molecule has 2 amide bonds. The second kappa shape index (κ2) is 11.2. The number of carboxylic acids is 1. The van der Waals surface area contributed by atoms with Crippen LogP contribution in [0.4, 0.5) is 5.69 Å². The van der Waals surface area contributed by atoms with E-state index in [1.807, 2.05) is 0 Å². The van der Waals surface area contributed by atoms with E-state index < -0.39 is 17.8 Å². The van der Waals surface area contributed by atoms with Crippen molar-refractivity contribution in [3.8, 4) is 11.5 Å². The minimum atomic E-state index is -1.16. The van der Waals surface area contributed by atoms with Crippen LogP contribution in [0.5, 0.6) is 11.5 Å². The van der Waals surface area contributed by atoms with Gasteiger partial charge in [-0.2, -0.15) is 0 Å². The van der Waals surface area contributed by atoms with Crippen molar-refractivity contribution >= 4 is 45.5 Å². The zero-order chi connectivity index (χ0) is 24.7. The van der Waals surface area contributed by atoms with Gasteiger partial charge in [0.25, 0.3) is 11.8 Å². The topological polar surface area (TPSA) is 114 Å². The summed E-state index contributed by atoms with van der Waals surface area (Å²) in [7, 11) is 2.89. The van der Waals surface area contributed by atoms with Gasteiger partial charge in [-0.15, -0.1) is 0 Å². The summed E-state index contributed by atoms with van der Waals surface area (Å²) < 4.78 is 11.1. The highest BCUT2D eigenvalue weighted by molar-refractivity contribution is 9.10. The molecule has 0 atom stereocenters. The average Bonchev–Trinajstić information content (AvgIpc) is 2.84. The van der Waals surface area contributed by atoms with Crippen LogP contribution in [0.1, 0.15) is 26.3 Å². The Bertz CT molecular complexity index is 1270. The van der Waals surface area contributed by atoms with Crippen LogP contribution in [0.25, 0.3) is 6.08 Å². The van der Waals surface area contributed by atoms with Crippen molar-refractivity contribution < 1.29 is 29.0 Å². The van der Waals surface area contributed by atoms with Crippen molar-refractivity contribution in [2.24, 2.45) is 0 Å². The Kier molecular flexibility index (Phi) is 8.05. The molecule has 0 unspecified atom stereocenters. The monoisotopic (exact) mass is 524 g/mol. The van der Waals surface area contributed by atoms with Crippen LogP contribution in [-0.2, 0) is 4.79 Å². The van der Waals surface area contributed by atoms with Gasteiger partial charge in [-0.3, -0.25) is 9.59 Å². The summed E-state index contributed by atoms with van der Waals surface area (Å²) in [4.78, 5) is 37.6. The van der Waals surface area contributed by atoms with E-state index in [1.54, 1.807) is 48.5 Å². The summed E-state index contributed by atoms with van der Waals surface area (Å²) in [5, 5.41) is 14.6. The third-order valence-corrected chi connectivity index (χ3v) is 5.44. The number of aromatic carboxylic acids is 1. The molecule has 3 rings (SSSR count). The lowest BCUT2D eigenvalue weighted by Crippen LogP contribution is -2.31. The Morgan fingerprint density at radius 1 is 0.912 bits per heavy atom. The number of ether oxygens (including phenoxy) is 2. The van der Waals surface area contributed by atoms with Gasteiger partial charge in [-0.05, 0) is 58.4 Å². The SMILES string of the molecule is COc1ccccc1C=C(NC(=O)c1ccccc1Br)C(=O)Nc1cc(C(=O)O)ccc1OC. The maximum absolute atomic E-state index is 13.3. The molecule has 3 aromatic rings. The van der Waals surface area contributed by atoms with Crippen LogP contribution in [-0.4, -0.2) is 37.1 Å². The number of hydrogen-bond acceptors (Lipinski definition) is 5. The fourth-order valence-corrected chi connectivity index (χ4v) is 3.53. The molecule has 0 heterocycles. The van der Waals surface area contributed by atoms with Crippen LogP contribution >= 0.6 is 15.9 Å². The molecule has 0 radical (unpaired) electrons.